The van der Waals surface area contributed by atoms with Crippen LogP contribution in [0.1, 0.15) is 18.1 Å². The van der Waals surface area contributed by atoms with E-state index in [9.17, 15) is 4.79 Å². The molecule has 92 valence electrons. The molecule has 0 radical (unpaired) electrons. The van der Waals surface area contributed by atoms with E-state index in [1.165, 1.54) is 0 Å². The van der Waals surface area contributed by atoms with Crippen LogP contribution in [0.5, 0.6) is 0 Å². The fourth-order valence-electron chi connectivity index (χ4n) is 1.52. The lowest BCUT2D eigenvalue weighted by Gasteiger charge is -2.10. The van der Waals surface area contributed by atoms with Crippen molar-refractivity contribution >= 4 is 17.6 Å². The van der Waals surface area contributed by atoms with Gasteiger partial charge in [-0.25, -0.2) is 10.6 Å². The average molecular weight is 235 g/mol. The first-order chi connectivity index (χ1) is 8.10. The second-order valence-corrected chi connectivity index (χ2v) is 3.48. The van der Waals surface area contributed by atoms with E-state index >= 15 is 0 Å². The van der Waals surface area contributed by atoms with E-state index in [4.69, 9.17) is 11.6 Å². The quantitative estimate of drug-likeness (QED) is 0.266. The zero-order valence-corrected chi connectivity index (χ0v) is 9.95. The molecule has 0 aromatic heterocycles. The van der Waals surface area contributed by atoms with E-state index in [2.05, 4.69) is 15.7 Å². The number of aryl methyl sites for hydroxylation is 1. The zero-order valence-electron chi connectivity index (χ0n) is 9.95. The number of carbonyl (C=O) groups excluding carboxylic acids is 1. The Bertz CT molecular complexity index is 441. The minimum atomic E-state index is -0.597. The molecule has 1 aromatic rings. The van der Waals surface area contributed by atoms with E-state index in [1.807, 2.05) is 19.1 Å². The molecule has 0 aliphatic carbocycles. The Labute approximate surface area is 100 Å². The van der Waals surface area contributed by atoms with Crippen molar-refractivity contribution in [3.8, 4) is 0 Å². The largest absolute Gasteiger partial charge is 0.351 e. The molecule has 17 heavy (non-hydrogen) atoms. The second-order valence-electron chi connectivity index (χ2n) is 3.48. The number of nitrogens with zero attached hydrogens (tertiary/aromatic N) is 1. The van der Waals surface area contributed by atoms with Gasteiger partial charge in [0, 0.05) is 18.3 Å². The highest BCUT2D eigenvalue weighted by Gasteiger charge is 2.06. The fourth-order valence-corrected chi connectivity index (χ4v) is 1.52. The van der Waals surface area contributed by atoms with Crippen LogP contribution in [-0.2, 0) is 6.42 Å². The molecule has 0 unspecified atom stereocenters. The Morgan fingerprint density at radius 2 is 2.12 bits per heavy atom. The lowest BCUT2D eigenvalue weighted by Crippen LogP contribution is -2.31. The monoisotopic (exact) mass is 235 g/mol. The number of benzene rings is 1. The fraction of sp³-hybridized carbons (Fsp3) is 0.273. The maximum absolute atomic E-state index is 10.8. The third-order valence-electron chi connectivity index (χ3n) is 2.30. The van der Waals surface area contributed by atoms with Gasteiger partial charge in [0.25, 0.3) is 0 Å². The van der Waals surface area contributed by atoms with Crippen LogP contribution in [0.25, 0.3) is 0 Å². The summed E-state index contributed by atoms with van der Waals surface area (Å²) >= 11 is 0. The lowest BCUT2D eigenvalue weighted by atomic mass is 10.1. The Hall–Kier alpha value is -2.08. The van der Waals surface area contributed by atoms with Gasteiger partial charge in [-0.05, 0) is 30.2 Å². The standard InChI is InChI=1S/C11H17N5O/c1-3-7-4-8(10(14-2)16-13)6-9(5-7)15-11(12)17/h4-6H,3,13H2,1-2H3,(H,14,16)(H3,12,15,17). The maximum atomic E-state index is 10.8. The third-order valence-corrected chi connectivity index (χ3v) is 2.30. The Morgan fingerprint density at radius 1 is 1.41 bits per heavy atom. The van der Waals surface area contributed by atoms with Crippen molar-refractivity contribution in [3.05, 3.63) is 29.3 Å². The number of primary amides is 1. The molecule has 6 nitrogen and oxygen atoms in total. The summed E-state index contributed by atoms with van der Waals surface area (Å²) in [6, 6.07) is 4.97. The molecule has 2 amide bonds. The van der Waals surface area contributed by atoms with Crippen molar-refractivity contribution < 1.29 is 4.79 Å². The van der Waals surface area contributed by atoms with Crippen LogP contribution >= 0.6 is 0 Å². The highest BCUT2D eigenvalue weighted by atomic mass is 16.2. The minimum absolute atomic E-state index is 0.549. The lowest BCUT2D eigenvalue weighted by molar-refractivity contribution is 0.259. The predicted molar refractivity (Wildman–Crippen MR) is 68.8 cm³/mol. The number of amides is 2. The second kappa shape index (κ2) is 5.86. The van der Waals surface area contributed by atoms with Gasteiger partial charge in [-0.2, -0.15) is 0 Å². The van der Waals surface area contributed by atoms with E-state index in [-0.39, 0.29) is 0 Å². The van der Waals surface area contributed by atoms with Gasteiger partial charge in [-0.3, -0.25) is 4.99 Å². The number of carbonyl (C=O) groups is 1. The number of hydrogen-bond acceptors (Lipinski definition) is 3. The number of rotatable bonds is 3. The molecule has 0 bridgehead atoms. The summed E-state index contributed by atoms with van der Waals surface area (Å²) in [6.45, 7) is 2.02. The number of nitrogens with one attached hydrogen (secondary N) is 2. The van der Waals surface area contributed by atoms with Gasteiger partial charge in [-0.15, -0.1) is 0 Å². The molecule has 0 aliphatic rings. The number of nitrogens with two attached hydrogens (primary N) is 2. The van der Waals surface area contributed by atoms with Crippen molar-refractivity contribution in [2.24, 2.45) is 16.6 Å². The maximum Gasteiger partial charge on any atom is 0.316 e. The number of aliphatic imine (C=N–C) groups is 1. The third kappa shape index (κ3) is 3.46. The first kappa shape index (κ1) is 13.0. The van der Waals surface area contributed by atoms with E-state index in [1.54, 1.807) is 13.1 Å². The molecule has 0 atom stereocenters. The highest BCUT2D eigenvalue weighted by Crippen LogP contribution is 2.15. The number of anilines is 1. The van der Waals surface area contributed by atoms with Gasteiger partial charge >= 0.3 is 6.03 Å². The van der Waals surface area contributed by atoms with Crippen molar-refractivity contribution in [1.82, 2.24) is 5.43 Å². The molecule has 0 aliphatic heterocycles. The first-order valence-electron chi connectivity index (χ1n) is 5.25. The summed E-state index contributed by atoms with van der Waals surface area (Å²) in [4.78, 5) is 14.8. The molecule has 1 aromatic carbocycles. The summed E-state index contributed by atoms with van der Waals surface area (Å²) < 4.78 is 0. The highest BCUT2D eigenvalue weighted by molar-refractivity contribution is 6.00. The summed E-state index contributed by atoms with van der Waals surface area (Å²) in [5.41, 5.74) is 10.1. The van der Waals surface area contributed by atoms with Gasteiger partial charge in [-0.1, -0.05) is 6.92 Å². The van der Waals surface area contributed by atoms with Crippen LogP contribution in [-0.4, -0.2) is 18.9 Å². The van der Waals surface area contributed by atoms with Gasteiger partial charge in [0.05, 0.1) is 0 Å². The molecular formula is C11H17N5O. The summed E-state index contributed by atoms with van der Waals surface area (Å²) in [7, 11) is 1.63. The van der Waals surface area contributed by atoms with Gasteiger partial charge in [0.15, 0.2) is 0 Å². The van der Waals surface area contributed by atoms with Gasteiger partial charge < -0.3 is 16.5 Å². The van der Waals surface area contributed by atoms with Crippen LogP contribution in [0.2, 0.25) is 0 Å². The van der Waals surface area contributed by atoms with Gasteiger partial charge in [0.1, 0.15) is 5.84 Å². The van der Waals surface area contributed by atoms with Crippen molar-refractivity contribution in [3.63, 3.8) is 0 Å². The SMILES string of the molecule is CCc1cc(NC(N)=O)cc(C(=NC)NN)c1. The van der Waals surface area contributed by atoms with Crippen molar-refractivity contribution in [2.45, 2.75) is 13.3 Å². The summed E-state index contributed by atoms with van der Waals surface area (Å²) in [5.74, 6) is 5.91. The number of amidine groups is 1. The molecule has 0 heterocycles. The minimum Gasteiger partial charge on any atom is -0.351 e. The van der Waals surface area contributed by atoms with Crippen molar-refractivity contribution in [1.29, 1.82) is 0 Å². The van der Waals surface area contributed by atoms with Crippen LogP contribution in [0.3, 0.4) is 0 Å². The van der Waals surface area contributed by atoms with E-state index in [0.29, 0.717) is 11.5 Å². The molecule has 6 heteroatoms. The predicted octanol–water partition coefficient (Wildman–Crippen LogP) is 0.579. The van der Waals surface area contributed by atoms with Gasteiger partial charge in [0.2, 0.25) is 0 Å². The van der Waals surface area contributed by atoms with Crippen molar-refractivity contribution in [2.75, 3.05) is 12.4 Å². The Kier molecular flexibility index (Phi) is 4.47. The number of urea groups is 1. The summed E-state index contributed by atoms with van der Waals surface area (Å²) in [5, 5.41) is 2.54. The van der Waals surface area contributed by atoms with Crippen LogP contribution < -0.4 is 22.3 Å². The van der Waals surface area contributed by atoms with E-state index in [0.717, 1.165) is 17.5 Å². The number of hydrazine groups is 1. The first-order valence-corrected chi connectivity index (χ1v) is 5.25. The van der Waals surface area contributed by atoms with Crippen LogP contribution in [0.15, 0.2) is 23.2 Å². The number of hydrogen-bond donors (Lipinski definition) is 4. The van der Waals surface area contributed by atoms with Crippen LogP contribution in [0, 0.1) is 0 Å². The Morgan fingerprint density at radius 3 is 2.59 bits per heavy atom. The van der Waals surface area contributed by atoms with E-state index < -0.39 is 6.03 Å². The molecule has 6 N–H and O–H groups in total. The smallest absolute Gasteiger partial charge is 0.316 e. The molecule has 0 saturated carbocycles. The normalized spacial score (nSPS) is 11.1. The molecule has 0 fully saturated rings. The topological polar surface area (TPSA) is 106 Å². The Balaban J connectivity index is 3.17. The van der Waals surface area contributed by atoms with Crippen LogP contribution in [0.4, 0.5) is 10.5 Å². The zero-order chi connectivity index (χ0) is 12.8. The molecular weight excluding hydrogens is 218 g/mol. The molecule has 0 spiro atoms. The molecule has 0 saturated heterocycles. The molecule has 1 rings (SSSR count). The average Bonchev–Trinajstić information content (AvgIpc) is 2.29. The summed E-state index contributed by atoms with van der Waals surface area (Å²) in [6.07, 6.45) is 0.836.